The number of anilines is 2. The van der Waals surface area contributed by atoms with Crippen LogP contribution in [0.3, 0.4) is 0 Å². The summed E-state index contributed by atoms with van der Waals surface area (Å²) in [7, 11) is 2.01. The first-order valence-electron chi connectivity index (χ1n) is 21.4. The van der Waals surface area contributed by atoms with E-state index in [-0.39, 0.29) is 42.1 Å². The van der Waals surface area contributed by atoms with Crippen LogP contribution in [0.1, 0.15) is 76.2 Å². The fraction of sp³-hybridized carbons (Fsp3) is 0.347. The Morgan fingerprint density at radius 2 is 1.70 bits per heavy atom. The van der Waals surface area contributed by atoms with Crippen LogP contribution in [0.25, 0.3) is 22.2 Å². The summed E-state index contributed by atoms with van der Waals surface area (Å²) < 4.78 is 10.0. The highest BCUT2D eigenvalue weighted by atomic mass is 35.5. The van der Waals surface area contributed by atoms with Crippen LogP contribution in [0.5, 0.6) is 5.75 Å². The predicted octanol–water partition coefficient (Wildman–Crippen LogP) is 9.53. The largest absolute Gasteiger partial charge is 0.508 e. The van der Waals surface area contributed by atoms with Gasteiger partial charge in [0.2, 0.25) is 0 Å². The highest BCUT2D eigenvalue weighted by Crippen LogP contribution is 2.41. The lowest BCUT2D eigenvalue weighted by atomic mass is 9.92. The first kappa shape index (κ1) is 42.6. The molecule has 2 N–H and O–H groups in total. The Hall–Kier alpha value is -5.10. The molecule has 0 saturated carbocycles. The number of phenols is 1. The van der Waals surface area contributed by atoms with Crippen molar-refractivity contribution in [2.75, 3.05) is 44.3 Å². The number of benzene rings is 4. The number of morpholine rings is 1. The predicted molar refractivity (Wildman–Crippen MR) is 246 cm³/mol. The topological polar surface area (TPSA) is 95.2 Å². The molecule has 5 heterocycles. The van der Waals surface area contributed by atoms with Gasteiger partial charge in [0.15, 0.2) is 0 Å². The van der Waals surface area contributed by atoms with Crippen LogP contribution >= 0.6 is 24.0 Å². The molecular formula is C49H54Cl2N6O4. The van der Waals surface area contributed by atoms with Crippen LogP contribution in [0.15, 0.2) is 103 Å². The Morgan fingerprint density at radius 1 is 0.918 bits per heavy atom. The monoisotopic (exact) mass is 860 g/mol. The van der Waals surface area contributed by atoms with E-state index in [1.807, 2.05) is 78.8 Å². The van der Waals surface area contributed by atoms with E-state index in [0.29, 0.717) is 43.0 Å². The van der Waals surface area contributed by atoms with E-state index in [2.05, 4.69) is 38.4 Å². The Morgan fingerprint density at radius 3 is 2.51 bits per heavy atom. The van der Waals surface area contributed by atoms with E-state index in [1.54, 1.807) is 29.2 Å². The van der Waals surface area contributed by atoms with Gasteiger partial charge in [-0.25, -0.2) is 0 Å². The van der Waals surface area contributed by atoms with Gasteiger partial charge in [0.05, 0.1) is 18.8 Å². The van der Waals surface area contributed by atoms with Gasteiger partial charge in [-0.3, -0.25) is 19.4 Å². The third-order valence-corrected chi connectivity index (χ3v) is 13.0. The van der Waals surface area contributed by atoms with Crippen molar-refractivity contribution >= 4 is 58.1 Å². The molecule has 2 amide bonds. The minimum atomic E-state index is -0.172. The van der Waals surface area contributed by atoms with E-state index in [1.165, 1.54) is 0 Å². The van der Waals surface area contributed by atoms with Gasteiger partial charge in [-0.2, -0.15) is 0 Å². The number of aromatic nitrogens is 2. The molecule has 1 unspecified atom stereocenters. The van der Waals surface area contributed by atoms with Crippen molar-refractivity contribution in [1.29, 1.82) is 0 Å². The number of amides is 2. The van der Waals surface area contributed by atoms with Gasteiger partial charge in [0.25, 0.3) is 11.8 Å². The number of carbonyl (C=O) groups excluding carboxylic acids is 2. The molecule has 318 valence electrons. The van der Waals surface area contributed by atoms with Crippen LogP contribution in [0.4, 0.5) is 11.4 Å². The van der Waals surface area contributed by atoms with Crippen LogP contribution in [0, 0.1) is 0 Å². The van der Waals surface area contributed by atoms with Gasteiger partial charge in [0, 0.05) is 108 Å². The van der Waals surface area contributed by atoms with Gasteiger partial charge in [-0.1, -0.05) is 55.3 Å². The summed E-state index contributed by atoms with van der Waals surface area (Å²) in [5.74, 6) is -0.0792. The van der Waals surface area contributed by atoms with Gasteiger partial charge < -0.3 is 29.2 Å². The summed E-state index contributed by atoms with van der Waals surface area (Å²) in [6, 6.07) is 30.7. The quantitative estimate of drug-likeness (QED) is 0.126. The summed E-state index contributed by atoms with van der Waals surface area (Å²) >= 11 is 6.79. The molecule has 1 fully saturated rings. The van der Waals surface area contributed by atoms with E-state index in [9.17, 15) is 5.11 Å². The molecule has 4 aromatic carbocycles. The van der Waals surface area contributed by atoms with Crippen molar-refractivity contribution in [3.63, 3.8) is 0 Å². The molecule has 2 aromatic heterocycles. The number of aromatic hydroxyl groups is 1. The number of nitrogens with one attached hydrogen (secondary N) is 1. The minimum Gasteiger partial charge on any atom is -0.508 e. The number of halogens is 2. The minimum absolute atomic E-state index is 0. The summed E-state index contributed by atoms with van der Waals surface area (Å²) in [6.45, 7) is 7.95. The number of ether oxygens (including phenoxy) is 1. The molecular weight excluding hydrogens is 807 g/mol. The molecule has 6 aromatic rings. The number of nitrogens with zero attached hydrogens (tertiary/aromatic N) is 5. The fourth-order valence-electron chi connectivity index (χ4n) is 9.50. The van der Waals surface area contributed by atoms with Gasteiger partial charge in [0.1, 0.15) is 5.75 Å². The van der Waals surface area contributed by atoms with Crippen molar-refractivity contribution in [2.24, 2.45) is 7.05 Å². The van der Waals surface area contributed by atoms with Gasteiger partial charge in [-0.05, 0) is 110 Å². The van der Waals surface area contributed by atoms with Crippen LogP contribution < -0.4 is 10.2 Å². The zero-order chi connectivity index (χ0) is 41.3. The highest BCUT2D eigenvalue weighted by molar-refractivity contribution is 6.31. The standard InChI is InChI=1S/C49H53ClN6O4.ClH/c1-3-4-21-51-44-13-8-22-54-46(30-42(47(44)54)49(59)56(35-14-17-38(57)18-15-35)36-16-19-45-33(28-36)20-23-52(45)2)39-10-5-6-11-40(39)48(58)55-31-34-9-7-12-43(50)41(34)29-37(55)32-53-24-26-60-27-25-53;/h5-7,9-12,14-20,23,28,30,37,44,51,57H,3-4,8,13,21-22,24-27,29,31-32H2,1-2H3;1H/t37-,44?;/m0./s1. The normalized spacial score (nSPS) is 17.7. The SMILES string of the molecule is CCCCNC1CCCn2c(-c3ccccc3C(=O)N3Cc4cccc(Cl)c4C[C@H]3CN3CCOCC3)cc(C(=O)N(c3ccc(O)cc3)c3ccc4c(ccn4C)c3)c21.Cl. The molecule has 1 saturated heterocycles. The van der Waals surface area contributed by atoms with Crippen molar-refractivity contribution in [3.8, 4) is 17.0 Å². The molecule has 3 aliphatic heterocycles. The summed E-state index contributed by atoms with van der Waals surface area (Å²) in [5.41, 5.74) is 8.43. The molecule has 61 heavy (non-hydrogen) atoms. The van der Waals surface area contributed by atoms with E-state index in [4.69, 9.17) is 16.3 Å². The molecule has 12 heteroatoms. The number of rotatable bonds is 11. The number of unbranched alkanes of at least 4 members (excludes halogenated alkanes) is 1. The summed E-state index contributed by atoms with van der Waals surface area (Å²) in [5, 5.41) is 15.9. The zero-order valence-corrected chi connectivity index (χ0v) is 36.4. The van der Waals surface area contributed by atoms with Gasteiger partial charge >= 0.3 is 0 Å². The molecule has 0 aliphatic carbocycles. The molecule has 10 nitrogen and oxygen atoms in total. The average Bonchev–Trinajstić information content (AvgIpc) is 3.85. The molecule has 0 bridgehead atoms. The maximum atomic E-state index is 15.5. The van der Waals surface area contributed by atoms with E-state index in [0.717, 1.165) is 108 Å². The van der Waals surface area contributed by atoms with Crippen molar-refractivity contribution < 1.29 is 19.4 Å². The molecule has 0 spiro atoms. The second kappa shape index (κ2) is 18.5. The molecule has 3 aliphatic rings. The second-order valence-corrected chi connectivity index (χ2v) is 16.8. The Labute approximate surface area is 369 Å². The number of fused-ring (bicyclic) bond motifs is 3. The maximum Gasteiger partial charge on any atom is 0.264 e. The van der Waals surface area contributed by atoms with Crippen LogP contribution in [0.2, 0.25) is 5.02 Å². The Balaban J connectivity index is 0.00000514. The second-order valence-electron chi connectivity index (χ2n) is 16.4. The molecule has 9 rings (SSSR count). The van der Waals surface area contributed by atoms with Crippen LogP contribution in [-0.2, 0) is 31.3 Å². The first-order valence-corrected chi connectivity index (χ1v) is 21.8. The highest BCUT2D eigenvalue weighted by Gasteiger charge is 2.37. The van der Waals surface area contributed by atoms with Crippen molar-refractivity contribution in [2.45, 2.75) is 64.2 Å². The lowest BCUT2D eigenvalue weighted by molar-refractivity contribution is 0.0193. The maximum absolute atomic E-state index is 15.5. The Bertz CT molecular complexity index is 2530. The molecule has 2 atom stereocenters. The van der Waals surface area contributed by atoms with Crippen LogP contribution in [-0.4, -0.2) is 81.3 Å². The van der Waals surface area contributed by atoms with E-state index >= 15 is 9.59 Å². The first-order chi connectivity index (χ1) is 29.3. The third kappa shape index (κ3) is 8.44. The van der Waals surface area contributed by atoms with Gasteiger partial charge in [-0.15, -0.1) is 12.4 Å². The lowest BCUT2D eigenvalue weighted by Gasteiger charge is -2.41. The molecule has 0 radical (unpaired) electrons. The number of phenolic OH excluding ortho intramolecular Hbond substituents is 1. The number of hydrogen-bond donors (Lipinski definition) is 2. The summed E-state index contributed by atoms with van der Waals surface area (Å²) in [4.78, 5) is 37.0. The number of aryl methyl sites for hydroxylation is 1. The lowest BCUT2D eigenvalue weighted by Crippen LogP contribution is -2.52. The van der Waals surface area contributed by atoms with Crippen molar-refractivity contribution in [3.05, 3.63) is 136 Å². The Kier molecular flexibility index (Phi) is 12.9. The number of hydrogen-bond acceptors (Lipinski definition) is 6. The average molecular weight is 862 g/mol. The van der Waals surface area contributed by atoms with E-state index < -0.39 is 0 Å². The van der Waals surface area contributed by atoms with Crippen molar-refractivity contribution in [1.82, 2.24) is 24.3 Å². The smallest absolute Gasteiger partial charge is 0.264 e. The zero-order valence-electron chi connectivity index (χ0n) is 34.9. The third-order valence-electron chi connectivity index (χ3n) is 12.6. The fourth-order valence-corrected chi connectivity index (χ4v) is 9.77. The summed E-state index contributed by atoms with van der Waals surface area (Å²) in [6.07, 6.45) is 6.60. The number of carbonyl (C=O) groups is 2.